The molecule has 1 aliphatic carbocycles. The first-order valence-corrected chi connectivity index (χ1v) is 9.77. The van der Waals surface area contributed by atoms with E-state index in [9.17, 15) is 9.59 Å². The molecule has 0 radical (unpaired) electrons. The molecule has 4 atom stereocenters. The van der Waals surface area contributed by atoms with Crippen molar-refractivity contribution in [2.24, 2.45) is 17.8 Å². The molecule has 6 heteroatoms. The molecule has 0 bridgehead atoms. The van der Waals surface area contributed by atoms with Gasteiger partial charge in [-0.05, 0) is 49.9 Å². The van der Waals surface area contributed by atoms with E-state index in [1.54, 1.807) is 0 Å². The van der Waals surface area contributed by atoms with Gasteiger partial charge in [-0.15, -0.1) is 0 Å². The lowest BCUT2D eigenvalue weighted by atomic mass is 9.90. The number of carbonyl (C=O) groups excluding carboxylic acids is 2. The Hall–Kier alpha value is -1.30. The molecule has 0 aromatic carbocycles. The van der Waals surface area contributed by atoms with Crippen LogP contribution in [0, 0.1) is 17.8 Å². The molecule has 142 valence electrons. The number of ether oxygens (including phenoxy) is 2. The number of hydrogen-bond acceptors (Lipinski definition) is 4. The molecule has 1 N–H and O–H groups in total. The predicted molar refractivity (Wildman–Crippen MR) is 94.1 cm³/mol. The van der Waals surface area contributed by atoms with E-state index in [0.29, 0.717) is 31.1 Å². The Kier molecular flexibility index (Phi) is 5.87. The Labute approximate surface area is 150 Å². The fourth-order valence-electron chi connectivity index (χ4n) is 5.03. The molecule has 2 heterocycles. The molecule has 2 amide bonds. The fourth-order valence-corrected chi connectivity index (χ4v) is 5.03. The van der Waals surface area contributed by atoms with Crippen molar-refractivity contribution in [3.63, 3.8) is 0 Å². The second kappa shape index (κ2) is 7.94. The Bertz CT molecular complexity index is 490. The number of hydrogen-bond donors (Lipinski definition) is 1. The molecule has 2 aliphatic heterocycles. The van der Waals surface area contributed by atoms with Gasteiger partial charge in [-0.3, -0.25) is 4.79 Å². The third-order valence-electron chi connectivity index (χ3n) is 6.36. The van der Waals surface area contributed by atoms with Crippen molar-refractivity contribution in [3.8, 4) is 0 Å². The summed E-state index contributed by atoms with van der Waals surface area (Å²) in [7, 11) is 1.35. The molecule has 6 nitrogen and oxygen atoms in total. The van der Waals surface area contributed by atoms with Crippen LogP contribution in [0.3, 0.4) is 0 Å². The number of carbonyl (C=O) groups is 2. The number of nitrogens with one attached hydrogen (secondary N) is 1. The molecule has 0 aromatic rings. The molecular weight excluding hydrogens is 320 g/mol. The smallest absolute Gasteiger partial charge is 0.407 e. The minimum atomic E-state index is -0.520. The maximum absolute atomic E-state index is 13.6. The average molecular weight is 352 g/mol. The first-order chi connectivity index (χ1) is 12.0. The maximum Gasteiger partial charge on any atom is 0.407 e. The molecule has 0 spiro atoms. The second-order valence-corrected chi connectivity index (χ2v) is 8.11. The molecule has 1 saturated carbocycles. The van der Waals surface area contributed by atoms with Crippen molar-refractivity contribution >= 4 is 12.0 Å². The first kappa shape index (κ1) is 18.5. The van der Waals surface area contributed by atoms with Crippen LogP contribution in [0.4, 0.5) is 4.79 Å². The number of likely N-dealkylation sites (tertiary alicyclic amines) is 1. The molecule has 2 unspecified atom stereocenters. The molecule has 3 fully saturated rings. The van der Waals surface area contributed by atoms with Crippen molar-refractivity contribution in [2.75, 3.05) is 20.3 Å². The van der Waals surface area contributed by atoms with Crippen molar-refractivity contribution in [3.05, 3.63) is 0 Å². The van der Waals surface area contributed by atoms with Crippen LogP contribution in [0.15, 0.2) is 0 Å². The zero-order valence-electron chi connectivity index (χ0n) is 15.7. The van der Waals surface area contributed by atoms with Crippen molar-refractivity contribution in [1.82, 2.24) is 10.2 Å². The van der Waals surface area contributed by atoms with Gasteiger partial charge in [0.15, 0.2) is 0 Å². The molecular formula is C19H32N2O4. The summed E-state index contributed by atoms with van der Waals surface area (Å²) in [5.74, 6) is 1.27. The molecule has 0 aromatic heterocycles. The standard InChI is InChI=1S/C19H32N2O4/c1-12(2)16-11-14-5-4-6-15(14)21(16)18(22)17(20-19(23)24-3)13-7-9-25-10-8-13/h12-17H,4-11H2,1-3H3,(H,20,23)/t14-,15?,16?,17-/m0/s1. The Morgan fingerprint density at radius 1 is 1.16 bits per heavy atom. The van der Waals surface area contributed by atoms with Crippen LogP contribution in [0.5, 0.6) is 0 Å². The minimum absolute atomic E-state index is 0.0883. The van der Waals surface area contributed by atoms with Crippen LogP contribution < -0.4 is 5.32 Å². The van der Waals surface area contributed by atoms with Crippen molar-refractivity contribution in [1.29, 1.82) is 0 Å². The van der Waals surface area contributed by atoms with Crippen molar-refractivity contribution in [2.45, 2.75) is 70.5 Å². The van der Waals surface area contributed by atoms with Gasteiger partial charge in [0.2, 0.25) is 5.91 Å². The van der Waals surface area contributed by atoms with Gasteiger partial charge in [-0.25, -0.2) is 4.79 Å². The Morgan fingerprint density at radius 3 is 2.52 bits per heavy atom. The third kappa shape index (κ3) is 3.78. The topological polar surface area (TPSA) is 67.9 Å². The number of rotatable bonds is 4. The highest BCUT2D eigenvalue weighted by Crippen LogP contribution is 2.44. The summed E-state index contributed by atoms with van der Waals surface area (Å²) in [4.78, 5) is 27.6. The predicted octanol–water partition coefficient (Wildman–Crippen LogP) is 2.56. The SMILES string of the molecule is COC(=O)N[C@H](C(=O)N1C(C(C)C)C[C@@H]2CCCC21)C1CCOCC1. The highest BCUT2D eigenvalue weighted by Gasteiger charge is 2.49. The van der Waals surface area contributed by atoms with Gasteiger partial charge >= 0.3 is 6.09 Å². The largest absolute Gasteiger partial charge is 0.453 e. The summed E-state index contributed by atoms with van der Waals surface area (Å²) < 4.78 is 10.2. The van der Waals surface area contributed by atoms with Crippen LogP contribution in [-0.4, -0.2) is 55.3 Å². The van der Waals surface area contributed by atoms with Gasteiger partial charge in [0, 0.05) is 25.3 Å². The highest BCUT2D eigenvalue weighted by molar-refractivity contribution is 5.87. The van der Waals surface area contributed by atoms with Gasteiger partial charge < -0.3 is 19.7 Å². The van der Waals surface area contributed by atoms with E-state index in [1.807, 2.05) is 0 Å². The van der Waals surface area contributed by atoms with Gasteiger partial charge in [-0.1, -0.05) is 20.3 Å². The van der Waals surface area contributed by atoms with Crippen LogP contribution >= 0.6 is 0 Å². The fraction of sp³-hybridized carbons (Fsp3) is 0.895. The summed E-state index contributed by atoms with van der Waals surface area (Å²) in [5, 5.41) is 2.84. The van der Waals surface area contributed by atoms with Crippen molar-refractivity contribution < 1.29 is 19.1 Å². The number of fused-ring (bicyclic) bond motifs is 1. The Balaban J connectivity index is 1.82. The van der Waals surface area contributed by atoms with Gasteiger partial charge in [0.1, 0.15) is 6.04 Å². The van der Waals surface area contributed by atoms with Gasteiger partial charge in [-0.2, -0.15) is 0 Å². The number of alkyl carbamates (subject to hydrolysis) is 1. The van der Waals surface area contributed by atoms with E-state index in [0.717, 1.165) is 25.7 Å². The van der Waals surface area contributed by atoms with Crippen LogP contribution in [0.25, 0.3) is 0 Å². The van der Waals surface area contributed by atoms with Crippen LogP contribution in [0.1, 0.15) is 52.4 Å². The normalized spacial score (nSPS) is 31.0. The Morgan fingerprint density at radius 2 is 1.88 bits per heavy atom. The quantitative estimate of drug-likeness (QED) is 0.844. The zero-order chi connectivity index (χ0) is 18.0. The minimum Gasteiger partial charge on any atom is -0.453 e. The summed E-state index contributed by atoms with van der Waals surface area (Å²) in [5.41, 5.74) is 0. The van der Waals surface area contributed by atoms with Crippen LogP contribution in [0.2, 0.25) is 0 Å². The van der Waals surface area contributed by atoms with E-state index in [1.165, 1.54) is 20.0 Å². The molecule has 25 heavy (non-hydrogen) atoms. The van der Waals surface area contributed by atoms with E-state index in [2.05, 4.69) is 24.1 Å². The molecule has 2 saturated heterocycles. The van der Waals surface area contributed by atoms with Crippen LogP contribution in [-0.2, 0) is 14.3 Å². The summed E-state index contributed by atoms with van der Waals surface area (Å²) in [6.07, 6.45) is 5.71. The highest BCUT2D eigenvalue weighted by atomic mass is 16.5. The van der Waals surface area contributed by atoms with E-state index >= 15 is 0 Å². The lowest BCUT2D eigenvalue weighted by Crippen LogP contribution is -2.56. The summed E-state index contributed by atoms with van der Waals surface area (Å²) >= 11 is 0. The number of methoxy groups -OCH3 is 1. The average Bonchev–Trinajstić information content (AvgIpc) is 3.20. The van der Waals surface area contributed by atoms with Gasteiger partial charge in [0.25, 0.3) is 0 Å². The number of nitrogens with zero attached hydrogens (tertiary/aromatic N) is 1. The lowest BCUT2D eigenvalue weighted by molar-refractivity contribution is -0.139. The second-order valence-electron chi connectivity index (χ2n) is 8.11. The van der Waals surface area contributed by atoms with Gasteiger partial charge in [0.05, 0.1) is 7.11 Å². The van der Waals surface area contributed by atoms with E-state index in [-0.39, 0.29) is 17.9 Å². The third-order valence-corrected chi connectivity index (χ3v) is 6.36. The lowest BCUT2D eigenvalue weighted by Gasteiger charge is -2.38. The molecule has 3 rings (SSSR count). The monoisotopic (exact) mass is 352 g/mol. The van der Waals surface area contributed by atoms with E-state index < -0.39 is 12.1 Å². The maximum atomic E-state index is 13.6. The first-order valence-electron chi connectivity index (χ1n) is 9.77. The zero-order valence-corrected chi connectivity index (χ0v) is 15.7. The van der Waals surface area contributed by atoms with E-state index in [4.69, 9.17) is 9.47 Å². The summed E-state index contributed by atoms with van der Waals surface area (Å²) in [6, 6.07) is 0.128. The summed E-state index contributed by atoms with van der Waals surface area (Å²) in [6.45, 7) is 5.69. The number of amides is 2. The molecule has 3 aliphatic rings.